The fraction of sp³-hybridized carbons (Fsp3) is 0.846. The third-order valence-electron chi connectivity index (χ3n) is 5.25. The van der Waals surface area contributed by atoms with Crippen molar-refractivity contribution in [3.63, 3.8) is 0 Å². The van der Waals surface area contributed by atoms with Crippen molar-refractivity contribution >= 4 is 0 Å². The minimum Gasteiger partial charge on any atom is -0.392 e. The van der Waals surface area contributed by atoms with Crippen LogP contribution >= 0.6 is 0 Å². The summed E-state index contributed by atoms with van der Waals surface area (Å²) in [5.74, 6) is 1.93. The topological polar surface area (TPSA) is 58.9 Å². The quantitative estimate of drug-likeness (QED) is 0.810. The molecule has 0 saturated heterocycles. The lowest BCUT2D eigenvalue weighted by Crippen LogP contribution is -2.53. The first-order chi connectivity index (χ1) is 8.07. The second-order valence-electron chi connectivity index (χ2n) is 6.97. The molecule has 1 heterocycles. The van der Waals surface area contributed by atoms with Gasteiger partial charge in [-0.1, -0.05) is 6.92 Å². The second kappa shape index (κ2) is 2.85. The molecule has 4 bridgehead atoms. The van der Waals surface area contributed by atoms with Crippen LogP contribution in [0.15, 0.2) is 9.21 Å². The first kappa shape index (κ1) is 9.92. The average molecular weight is 234 g/mol. The molecule has 1 N–H and O–H groups in total. The van der Waals surface area contributed by atoms with Crippen LogP contribution in [0.1, 0.15) is 51.3 Å². The number of aromatic amines is 1. The molecule has 1 aromatic heterocycles. The fourth-order valence-electron chi connectivity index (χ4n) is 5.43. The summed E-state index contributed by atoms with van der Waals surface area (Å²) in [6.07, 6.45) is 7.60. The van der Waals surface area contributed by atoms with E-state index in [1.807, 2.05) is 0 Å². The average Bonchev–Trinajstić information content (AvgIpc) is 2.61. The van der Waals surface area contributed by atoms with Gasteiger partial charge in [0.25, 0.3) is 0 Å². The highest BCUT2D eigenvalue weighted by atomic mass is 16.4. The minimum atomic E-state index is -0.402. The number of H-pyrrole nitrogens is 1. The Bertz CT molecular complexity index is 501. The highest BCUT2D eigenvalue weighted by Gasteiger charge is 2.58. The van der Waals surface area contributed by atoms with Gasteiger partial charge in [0.15, 0.2) is 0 Å². The molecule has 4 heteroatoms. The Morgan fingerprint density at radius 1 is 1.29 bits per heavy atom. The van der Waals surface area contributed by atoms with E-state index in [9.17, 15) is 4.79 Å². The second-order valence-corrected chi connectivity index (χ2v) is 6.97. The van der Waals surface area contributed by atoms with Crippen molar-refractivity contribution in [2.45, 2.75) is 50.9 Å². The van der Waals surface area contributed by atoms with Crippen LogP contribution in [0.2, 0.25) is 0 Å². The summed E-state index contributed by atoms with van der Waals surface area (Å²) in [5.41, 5.74) is 0.527. The summed E-state index contributed by atoms with van der Waals surface area (Å²) in [7, 11) is 0. The molecule has 4 saturated carbocycles. The molecular formula is C13H18N2O2. The van der Waals surface area contributed by atoms with Crippen LogP contribution < -0.4 is 5.76 Å². The largest absolute Gasteiger partial charge is 0.434 e. The van der Waals surface area contributed by atoms with Gasteiger partial charge in [-0.05, 0) is 55.8 Å². The van der Waals surface area contributed by atoms with Crippen molar-refractivity contribution in [1.82, 2.24) is 10.2 Å². The van der Waals surface area contributed by atoms with Crippen LogP contribution in [0.25, 0.3) is 0 Å². The van der Waals surface area contributed by atoms with Crippen molar-refractivity contribution in [3.05, 3.63) is 16.4 Å². The molecule has 4 nitrogen and oxygen atoms in total. The van der Waals surface area contributed by atoms with Crippen molar-refractivity contribution in [3.8, 4) is 0 Å². The standard InChI is InChI=1S/C13H18N2O2/c1-12-3-8-2-9(4-12)6-13(5-8,7-12)10-14-15-11(16)17-10/h8-9H,2-7H2,1H3,(H,15,16). The molecule has 92 valence electrons. The fourth-order valence-corrected chi connectivity index (χ4v) is 5.43. The zero-order valence-corrected chi connectivity index (χ0v) is 10.2. The van der Waals surface area contributed by atoms with Crippen molar-refractivity contribution in [2.24, 2.45) is 17.3 Å². The lowest BCUT2D eigenvalue weighted by atomic mass is 9.44. The van der Waals surface area contributed by atoms with Gasteiger partial charge in [0.1, 0.15) is 0 Å². The van der Waals surface area contributed by atoms with Gasteiger partial charge in [0.05, 0.1) is 0 Å². The number of aromatic nitrogens is 2. The third kappa shape index (κ3) is 1.30. The van der Waals surface area contributed by atoms with E-state index in [2.05, 4.69) is 17.1 Å². The number of nitrogens with one attached hydrogen (secondary N) is 1. The maximum Gasteiger partial charge on any atom is 0.434 e. The molecule has 2 atom stereocenters. The van der Waals surface area contributed by atoms with E-state index in [4.69, 9.17) is 4.42 Å². The Morgan fingerprint density at radius 2 is 2.00 bits per heavy atom. The lowest BCUT2D eigenvalue weighted by Gasteiger charge is -2.59. The molecule has 4 fully saturated rings. The van der Waals surface area contributed by atoms with Crippen LogP contribution in [0.3, 0.4) is 0 Å². The van der Waals surface area contributed by atoms with Gasteiger partial charge in [0, 0.05) is 5.41 Å². The van der Waals surface area contributed by atoms with Crippen molar-refractivity contribution in [1.29, 1.82) is 0 Å². The molecular weight excluding hydrogens is 216 g/mol. The molecule has 2 unspecified atom stereocenters. The van der Waals surface area contributed by atoms with Gasteiger partial charge in [-0.3, -0.25) is 0 Å². The lowest BCUT2D eigenvalue weighted by molar-refractivity contribution is -0.0713. The van der Waals surface area contributed by atoms with Crippen molar-refractivity contribution < 1.29 is 4.42 Å². The Morgan fingerprint density at radius 3 is 2.53 bits per heavy atom. The normalized spacial score (nSPS) is 47.6. The number of hydrogen-bond acceptors (Lipinski definition) is 3. The zero-order chi connectivity index (χ0) is 11.7. The predicted molar refractivity (Wildman–Crippen MR) is 61.6 cm³/mol. The zero-order valence-electron chi connectivity index (χ0n) is 10.2. The molecule has 0 spiro atoms. The molecule has 0 aromatic carbocycles. The predicted octanol–water partition coefficient (Wildman–Crippen LogP) is 2.22. The Hall–Kier alpha value is -1.06. The van der Waals surface area contributed by atoms with Crippen LogP contribution in [0.5, 0.6) is 0 Å². The van der Waals surface area contributed by atoms with Gasteiger partial charge >= 0.3 is 5.76 Å². The van der Waals surface area contributed by atoms with Gasteiger partial charge in [0.2, 0.25) is 5.89 Å². The molecule has 4 aliphatic carbocycles. The first-order valence-corrected chi connectivity index (χ1v) is 6.63. The van der Waals surface area contributed by atoms with Gasteiger partial charge in [-0.15, -0.1) is 5.10 Å². The molecule has 0 amide bonds. The molecule has 1 aromatic rings. The summed E-state index contributed by atoms with van der Waals surface area (Å²) >= 11 is 0. The van der Waals surface area contributed by atoms with Crippen LogP contribution in [0, 0.1) is 17.3 Å². The number of rotatable bonds is 1. The SMILES string of the molecule is CC12CC3CC(C1)CC(c1n[nH]c(=O)o1)(C3)C2. The van der Waals surface area contributed by atoms with Gasteiger partial charge in [-0.2, -0.15) is 0 Å². The highest BCUT2D eigenvalue weighted by molar-refractivity contribution is 5.16. The molecule has 0 radical (unpaired) electrons. The van der Waals surface area contributed by atoms with E-state index in [0.29, 0.717) is 11.3 Å². The number of hydrogen-bond donors (Lipinski definition) is 1. The van der Waals surface area contributed by atoms with Gasteiger partial charge < -0.3 is 4.42 Å². The maximum atomic E-state index is 11.2. The molecule has 17 heavy (non-hydrogen) atoms. The highest BCUT2D eigenvalue weighted by Crippen LogP contribution is 2.65. The Labute approximate surface area is 99.8 Å². The monoisotopic (exact) mass is 234 g/mol. The summed E-state index contributed by atoms with van der Waals surface area (Å²) in [5, 5.41) is 6.57. The minimum absolute atomic E-state index is 0.0675. The summed E-state index contributed by atoms with van der Waals surface area (Å²) in [6.45, 7) is 2.41. The molecule has 0 aliphatic heterocycles. The smallest absolute Gasteiger partial charge is 0.392 e. The third-order valence-corrected chi connectivity index (χ3v) is 5.25. The first-order valence-electron chi connectivity index (χ1n) is 6.63. The summed E-state index contributed by atoms with van der Waals surface area (Å²) in [4.78, 5) is 11.2. The Kier molecular flexibility index (Phi) is 1.66. The summed E-state index contributed by atoms with van der Waals surface area (Å²) < 4.78 is 5.29. The molecule has 5 rings (SSSR count). The van der Waals surface area contributed by atoms with E-state index in [1.165, 1.54) is 32.1 Å². The van der Waals surface area contributed by atoms with E-state index in [1.54, 1.807) is 0 Å². The van der Waals surface area contributed by atoms with E-state index >= 15 is 0 Å². The summed E-state index contributed by atoms with van der Waals surface area (Å²) in [6, 6.07) is 0. The van der Waals surface area contributed by atoms with Crippen LogP contribution in [-0.4, -0.2) is 10.2 Å². The van der Waals surface area contributed by atoms with E-state index in [0.717, 1.165) is 18.3 Å². The number of nitrogens with zero attached hydrogens (tertiary/aromatic N) is 1. The Balaban J connectivity index is 1.81. The maximum absolute atomic E-state index is 11.2. The van der Waals surface area contributed by atoms with Gasteiger partial charge in [-0.25, -0.2) is 9.89 Å². The van der Waals surface area contributed by atoms with Crippen LogP contribution in [-0.2, 0) is 5.41 Å². The molecule has 4 aliphatic rings. The van der Waals surface area contributed by atoms with E-state index in [-0.39, 0.29) is 5.41 Å². The van der Waals surface area contributed by atoms with E-state index < -0.39 is 5.76 Å². The van der Waals surface area contributed by atoms with Crippen molar-refractivity contribution in [2.75, 3.05) is 0 Å². The van der Waals surface area contributed by atoms with Crippen LogP contribution in [0.4, 0.5) is 0 Å².